The normalized spacial score (nSPS) is 10.2. The zero-order chi connectivity index (χ0) is 16.1. The fraction of sp³-hybridized carbons (Fsp3) is 0.235. The van der Waals surface area contributed by atoms with Crippen molar-refractivity contribution in [2.45, 2.75) is 13.5 Å². The maximum absolute atomic E-state index is 12.3. The van der Waals surface area contributed by atoms with Gasteiger partial charge in [-0.3, -0.25) is 0 Å². The van der Waals surface area contributed by atoms with Crippen molar-refractivity contribution in [1.29, 1.82) is 0 Å². The number of aryl methyl sites for hydroxylation is 1. The SMILES string of the molecule is COc1cc(Cl)c(C)cc1NC(=O)N(C)Cc1ccccc1. The number of nitrogens with one attached hydrogen (secondary N) is 1. The van der Waals surface area contributed by atoms with Crippen LogP contribution in [0.3, 0.4) is 0 Å². The zero-order valence-electron chi connectivity index (χ0n) is 12.9. The van der Waals surface area contributed by atoms with E-state index in [0.717, 1.165) is 11.1 Å². The lowest BCUT2D eigenvalue weighted by molar-refractivity contribution is 0.220. The van der Waals surface area contributed by atoms with E-state index < -0.39 is 0 Å². The van der Waals surface area contributed by atoms with Crippen molar-refractivity contribution >= 4 is 23.3 Å². The summed E-state index contributed by atoms with van der Waals surface area (Å²) in [7, 11) is 3.29. The number of ether oxygens (including phenoxy) is 1. The molecule has 2 aromatic rings. The van der Waals surface area contributed by atoms with Gasteiger partial charge in [0.1, 0.15) is 5.75 Å². The van der Waals surface area contributed by atoms with Crippen LogP contribution in [0.4, 0.5) is 10.5 Å². The summed E-state index contributed by atoms with van der Waals surface area (Å²) in [6, 6.07) is 13.1. The summed E-state index contributed by atoms with van der Waals surface area (Å²) < 4.78 is 5.26. The second-order valence-corrected chi connectivity index (χ2v) is 5.48. The molecule has 22 heavy (non-hydrogen) atoms. The lowest BCUT2D eigenvalue weighted by Crippen LogP contribution is -2.31. The molecule has 0 radical (unpaired) electrons. The fourth-order valence-corrected chi connectivity index (χ4v) is 2.22. The fourth-order valence-electron chi connectivity index (χ4n) is 2.07. The van der Waals surface area contributed by atoms with Crippen LogP contribution in [0.5, 0.6) is 5.75 Å². The van der Waals surface area contributed by atoms with Gasteiger partial charge >= 0.3 is 6.03 Å². The molecule has 2 amide bonds. The van der Waals surface area contributed by atoms with Gasteiger partial charge in [-0.25, -0.2) is 4.79 Å². The zero-order valence-corrected chi connectivity index (χ0v) is 13.6. The molecule has 0 aliphatic heterocycles. The highest BCUT2D eigenvalue weighted by Crippen LogP contribution is 2.31. The minimum Gasteiger partial charge on any atom is -0.495 e. The number of anilines is 1. The van der Waals surface area contributed by atoms with E-state index in [-0.39, 0.29) is 6.03 Å². The Hall–Kier alpha value is -2.20. The van der Waals surface area contributed by atoms with Crippen molar-refractivity contribution in [2.75, 3.05) is 19.5 Å². The molecule has 0 atom stereocenters. The van der Waals surface area contributed by atoms with Gasteiger partial charge in [-0.2, -0.15) is 0 Å². The summed E-state index contributed by atoms with van der Waals surface area (Å²) in [5.74, 6) is 0.539. The number of urea groups is 1. The first kappa shape index (κ1) is 16.2. The quantitative estimate of drug-likeness (QED) is 0.912. The molecular formula is C17H19ClN2O2. The van der Waals surface area contributed by atoms with Crippen LogP contribution >= 0.6 is 11.6 Å². The van der Waals surface area contributed by atoms with E-state index in [1.807, 2.05) is 37.3 Å². The molecule has 0 spiro atoms. The molecule has 0 saturated carbocycles. The van der Waals surface area contributed by atoms with Gasteiger partial charge in [-0.05, 0) is 24.1 Å². The number of amides is 2. The van der Waals surface area contributed by atoms with Gasteiger partial charge in [0.25, 0.3) is 0 Å². The van der Waals surface area contributed by atoms with Gasteiger partial charge in [-0.15, -0.1) is 0 Å². The molecule has 116 valence electrons. The second-order valence-electron chi connectivity index (χ2n) is 5.07. The number of halogens is 1. The Bertz CT molecular complexity index is 659. The topological polar surface area (TPSA) is 41.6 Å². The molecule has 0 aliphatic rings. The van der Waals surface area contributed by atoms with Crippen LogP contribution in [-0.4, -0.2) is 25.1 Å². The van der Waals surface area contributed by atoms with Gasteiger partial charge in [0.2, 0.25) is 0 Å². The first-order valence-corrected chi connectivity index (χ1v) is 7.29. The highest BCUT2D eigenvalue weighted by atomic mass is 35.5. The molecular weight excluding hydrogens is 300 g/mol. The maximum Gasteiger partial charge on any atom is 0.321 e. The van der Waals surface area contributed by atoms with Gasteiger partial charge in [0.15, 0.2) is 0 Å². The van der Waals surface area contributed by atoms with Gasteiger partial charge in [-0.1, -0.05) is 41.9 Å². The minimum atomic E-state index is -0.205. The Morgan fingerprint density at radius 2 is 1.95 bits per heavy atom. The van der Waals surface area contributed by atoms with Crippen LogP contribution in [0.2, 0.25) is 5.02 Å². The van der Waals surface area contributed by atoms with Crippen LogP contribution in [0.25, 0.3) is 0 Å². The van der Waals surface area contributed by atoms with Crippen molar-refractivity contribution in [1.82, 2.24) is 4.90 Å². The summed E-state index contributed by atoms with van der Waals surface area (Å²) in [4.78, 5) is 13.9. The van der Waals surface area contributed by atoms with Crippen molar-refractivity contribution < 1.29 is 9.53 Å². The smallest absolute Gasteiger partial charge is 0.321 e. The van der Waals surface area contributed by atoms with Crippen LogP contribution in [0.1, 0.15) is 11.1 Å². The minimum absolute atomic E-state index is 0.205. The van der Waals surface area contributed by atoms with Crippen LogP contribution in [-0.2, 0) is 6.54 Å². The lowest BCUT2D eigenvalue weighted by atomic mass is 10.2. The highest BCUT2D eigenvalue weighted by molar-refractivity contribution is 6.31. The van der Waals surface area contributed by atoms with Gasteiger partial charge < -0.3 is 15.0 Å². The number of rotatable bonds is 4. The van der Waals surface area contributed by atoms with Gasteiger partial charge in [0.05, 0.1) is 12.8 Å². The van der Waals surface area contributed by atoms with E-state index in [2.05, 4.69) is 5.32 Å². The molecule has 0 aromatic heterocycles. The van der Waals surface area contributed by atoms with Crippen molar-refractivity contribution in [2.24, 2.45) is 0 Å². The average Bonchev–Trinajstić information content (AvgIpc) is 2.51. The van der Waals surface area contributed by atoms with Crippen molar-refractivity contribution in [3.8, 4) is 5.75 Å². The first-order valence-electron chi connectivity index (χ1n) is 6.91. The lowest BCUT2D eigenvalue weighted by Gasteiger charge is -2.19. The Morgan fingerprint density at radius 1 is 1.27 bits per heavy atom. The third-order valence-electron chi connectivity index (χ3n) is 3.33. The summed E-state index contributed by atoms with van der Waals surface area (Å²) in [6.07, 6.45) is 0. The van der Waals surface area contributed by atoms with Crippen LogP contribution in [0.15, 0.2) is 42.5 Å². The number of methoxy groups -OCH3 is 1. The van der Waals surface area contributed by atoms with Crippen LogP contribution < -0.4 is 10.1 Å². The number of benzene rings is 2. The Kier molecular flexibility index (Phi) is 5.28. The monoisotopic (exact) mass is 318 g/mol. The number of hydrogen-bond donors (Lipinski definition) is 1. The molecule has 1 N–H and O–H groups in total. The maximum atomic E-state index is 12.3. The predicted octanol–water partition coefficient (Wildman–Crippen LogP) is 4.32. The van der Waals surface area contributed by atoms with Crippen molar-refractivity contribution in [3.05, 3.63) is 58.6 Å². The Balaban J connectivity index is 2.10. The molecule has 0 unspecified atom stereocenters. The molecule has 0 aliphatic carbocycles. The molecule has 2 rings (SSSR count). The molecule has 0 heterocycles. The van der Waals surface area contributed by atoms with E-state index >= 15 is 0 Å². The molecule has 5 heteroatoms. The average molecular weight is 319 g/mol. The molecule has 0 bridgehead atoms. The van der Waals surface area contributed by atoms with Crippen LogP contribution in [0, 0.1) is 6.92 Å². The molecule has 0 fully saturated rings. The van der Waals surface area contributed by atoms with Crippen molar-refractivity contribution in [3.63, 3.8) is 0 Å². The third-order valence-corrected chi connectivity index (χ3v) is 3.74. The van der Waals surface area contributed by atoms with Gasteiger partial charge in [0, 0.05) is 24.7 Å². The van der Waals surface area contributed by atoms with E-state index in [0.29, 0.717) is 23.0 Å². The molecule has 4 nitrogen and oxygen atoms in total. The standard InChI is InChI=1S/C17H19ClN2O2/c1-12-9-15(16(22-3)10-14(12)18)19-17(21)20(2)11-13-7-5-4-6-8-13/h4-10H,11H2,1-3H3,(H,19,21). The third kappa shape index (κ3) is 3.92. The molecule has 2 aromatic carbocycles. The summed E-state index contributed by atoms with van der Waals surface area (Å²) in [5.41, 5.74) is 2.55. The number of hydrogen-bond acceptors (Lipinski definition) is 2. The summed E-state index contributed by atoms with van der Waals surface area (Å²) in [5, 5.41) is 3.46. The summed E-state index contributed by atoms with van der Waals surface area (Å²) >= 11 is 6.07. The Morgan fingerprint density at radius 3 is 2.59 bits per heavy atom. The largest absolute Gasteiger partial charge is 0.495 e. The van der Waals surface area contributed by atoms with E-state index in [1.165, 1.54) is 0 Å². The Labute approximate surface area is 135 Å². The first-order chi connectivity index (χ1) is 10.5. The highest BCUT2D eigenvalue weighted by Gasteiger charge is 2.13. The molecule has 0 saturated heterocycles. The number of nitrogens with zero attached hydrogens (tertiary/aromatic N) is 1. The van der Waals surface area contributed by atoms with E-state index in [1.54, 1.807) is 31.2 Å². The number of carbonyl (C=O) groups is 1. The van der Waals surface area contributed by atoms with E-state index in [9.17, 15) is 4.79 Å². The van der Waals surface area contributed by atoms with E-state index in [4.69, 9.17) is 16.3 Å². The predicted molar refractivity (Wildman–Crippen MR) is 89.7 cm³/mol. The second kappa shape index (κ2) is 7.18. The summed E-state index contributed by atoms with van der Waals surface area (Å²) in [6.45, 7) is 2.41. The number of carbonyl (C=O) groups excluding carboxylic acids is 1.